The van der Waals surface area contributed by atoms with Gasteiger partial charge in [-0.15, -0.1) is 0 Å². The molecule has 0 bridgehead atoms. The minimum absolute atomic E-state index is 0.0323. The first-order valence-corrected chi connectivity index (χ1v) is 5.93. The van der Waals surface area contributed by atoms with Gasteiger partial charge in [0.25, 0.3) is 0 Å². The molecular weight excluding hydrogens is 251 g/mol. The van der Waals surface area contributed by atoms with Crippen molar-refractivity contribution < 1.29 is 18.1 Å². The second-order valence-corrected chi connectivity index (χ2v) is 5.53. The minimum atomic E-state index is -1.17. The molecule has 100 valence electrons. The van der Waals surface area contributed by atoms with Crippen LogP contribution in [0.3, 0.4) is 0 Å². The van der Waals surface area contributed by atoms with Crippen molar-refractivity contribution >= 4 is 12.6 Å². The Balaban J connectivity index is 2.41. The largest absolute Gasteiger partial charge is 0.497 e. The van der Waals surface area contributed by atoms with E-state index in [-0.39, 0.29) is 11.0 Å². The summed E-state index contributed by atoms with van der Waals surface area (Å²) in [6, 6.07) is 4.13. The second-order valence-electron chi connectivity index (χ2n) is 5.53. The summed E-state index contributed by atoms with van der Waals surface area (Å²) in [4.78, 5) is 0. The molecule has 1 aromatic rings. The van der Waals surface area contributed by atoms with E-state index in [1.807, 2.05) is 27.7 Å². The summed E-state index contributed by atoms with van der Waals surface area (Å²) in [5.74, 6) is -2.27. The van der Waals surface area contributed by atoms with Gasteiger partial charge in [0.05, 0.1) is 16.8 Å². The molecule has 1 aliphatic heterocycles. The molecule has 0 aromatic heterocycles. The third-order valence-electron chi connectivity index (χ3n) is 3.74. The molecule has 1 aliphatic rings. The normalized spacial score (nSPS) is 20.4. The fraction of sp³-hybridized carbons (Fsp3) is 0.462. The van der Waals surface area contributed by atoms with Crippen LogP contribution in [0.4, 0.5) is 8.78 Å². The zero-order chi connectivity index (χ0) is 14.4. The van der Waals surface area contributed by atoms with Crippen LogP contribution in [-0.2, 0) is 9.31 Å². The third kappa shape index (κ3) is 2.13. The molecular formula is C13H14BF2NO2. The molecule has 3 nitrogen and oxygen atoms in total. The van der Waals surface area contributed by atoms with Gasteiger partial charge >= 0.3 is 7.12 Å². The van der Waals surface area contributed by atoms with E-state index in [9.17, 15) is 8.78 Å². The molecule has 1 saturated heterocycles. The Bertz CT molecular complexity index is 550. The molecule has 0 saturated carbocycles. The van der Waals surface area contributed by atoms with E-state index in [4.69, 9.17) is 14.6 Å². The van der Waals surface area contributed by atoms with Crippen LogP contribution in [0.5, 0.6) is 0 Å². The van der Waals surface area contributed by atoms with E-state index < -0.39 is 30.0 Å². The molecule has 0 amide bonds. The number of hydrogen-bond donors (Lipinski definition) is 0. The second kappa shape index (κ2) is 4.29. The van der Waals surface area contributed by atoms with Crippen molar-refractivity contribution in [3.8, 4) is 6.07 Å². The molecule has 0 unspecified atom stereocenters. The lowest BCUT2D eigenvalue weighted by Crippen LogP contribution is -2.41. The van der Waals surface area contributed by atoms with Crippen LogP contribution in [0.25, 0.3) is 0 Å². The lowest BCUT2D eigenvalue weighted by atomic mass is 9.78. The SMILES string of the molecule is CC1(C)OB(c2ccc(C#N)c(F)c2F)OC1(C)C. The lowest BCUT2D eigenvalue weighted by Gasteiger charge is -2.32. The Morgan fingerprint density at radius 1 is 1.05 bits per heavy atom. The number of nitriles is 1. The number of rotatable bonds is 1. The van der Waals surface area contributed by atoms with Gasteiger partial charge in [0.1, 0.15) is 6.07 Å². The van der Waals surface area contributed by atoms with Gasteiger partial charge in [-0.05, 0) is 33.8 Å². The summed E-state index contributed by atoms with van der Waals surface area (Å²) in [5, 5.41) is 8.65. The zero-order valence-electron chi connectivity index (χ0n) is 11.3. The average molecular weight is 265 g/mol. The molecule has 0 atom stereocenters. The van der Waals surface area contributed by atoms with Crippen molar-refractivity contribution in [1.82, 2.24) is 0 Å². The van der Waals surface area contributed by atoms with Gasteiger partial charge in [-0.2, -0.15) is 5.26 Å². The predicted octanol–water partition coefficient (Wildman–Crippen LogP) is 2.14. The summed E-state index contributed by atoms with van der Waals surface area (Å²) in [5.41, 5.74) is -1.63. The van der Waals surface area contributed by atoms with Crippen molar-refractivity contribution in [2.75, 3.05) is 0 Å². The van der Waals surface area contributed by atoms with Gasteiger partial charge in [-0.3, -0.25) is 0 Å². The van der Waals surface area contributed by atoms with Crippen LogP contribution < -0.4 is 5.46 Å². The van der Waals surface area contributed by atoms with E-state index in [0.717, 1.165) is 0 Å². The van der Waals surface area contributed by atoms with Crippen molar-refractivity contribution in [2.24, 2.45) is 0 Å². The van der Waals surface area contributed by atoms with Crippen molar-refractivity contribution in [1.29, 1.82) is 5.26 Å². The quantitative estimate of drug-likeness (QED) is 0.730. The van der Waals surface area contributed by atoms with Crippen LogP contribution >= 0.6 is 0 Å². The lowest BCUT2D eigenvalue weighted by molar-refractivity contribution is 0.00578. The number of benzene rings is 1. The first-order chi connectivity index (χ1) is 8.69. The average Bonchev–Trinajstić information content (AvgIpc) is 2.51. The van der Waals surface area contributed by atoms with Crippen LogP contribution in [0.15, 0.2) is 12.1 Å². The summed E-state index contributed by atoms with van der Waals surface area (Å²) < 4.78 is 38.8. The maximum atomic E-state index is 13.9. The first-order valence-electron chi connectivity index (χ1n) is 5.93. The van der Waals surface area contributed by atoms with Crippen LogP contribution in [0.2, 0.25) is 0 Å². The number of hydrogen-bond acceptors (Lipinski definition) is 3. The molecule has 1 fully saturated rings. The highest BCUT2D eigenvalue weighted by Crippen LogP contribution is 2.36. The van der Waals surface area contributed by atoms with Crippen molar-refractivity contribution in [3.05, 3.63) is 29.3 Å². The van der Waals surface area contributed by atoms with Gasteiger partial charge in [0.2, 0.25) is 0 Å². The van der Waals surface area contributed by atoms with Gasteiger partial charge < -0.3 is 9.31 Å². The Morgan fingerprint density at radius 2 is 1.58 bits per heavy atom. The predicted molar refractivity (Wildman–Crippen MR) is 66.8 cm³/mol. The molecule has 1 heterocycles. The molecule has 0 aliphatic carbocycles. The van der Waals surface area contributed by atoms with Gasteiger partial charge in [-0.1, -0.05) is 6.07 Å². The summed E-state index contributed by atoms with van der Waals surface area (Å²) in [6.45, 7) is 7.30. The van der Waals surface area contributed by atoms with E-state index in [1.54, 1.807) is 6.07 Å². The Hall–Kier alpha value is -1.45. The van der Waals surface area contributed by atoms with E-state index in [2.05, 4.69) is 0 Å². The van der Waals surface area contributed by atoms with Crippen LogP contribution in [0, 0.1) is 23.0 Å². The summed E-state index contributed by atoms with van der Waals surface area (Å²) in [6.07, 6.45) is 0. The zero-order valence-corrected chi connectivity index (χ0v) is 11.3. The highest BCUT2D eigenvalue weighted by molar-refractivity contribution is 6.62. The van der Waals surface area contributed by atoms with Gasteiger partial charge in [0.15, 0.2) is 11.6 Å². The number of halogens is 2. The number of nitrogens with zero attached hydrogens (tertiary/aromatic N) is 1. The standard InChI is InChI=1S/C13H14BF2NO2/c1-12(2)13(3,4)19-14(18-12)9-6-5-8(7-17)10(15)11(9)16/h5-6H,1-4H3. The highest BCUT2D eigenvalue weighted by Gasteiger charge is 2.52. The molecule has 0 N–H and O–H groups in total. The molecule has 1 aromatic carbocycles. The maximum absolute atomic E-state index is 13.9. The van der Waals surface area contributed by atoms with Crippen LogP contribution in [-0.4, -0.2) is 18.3 Å². The topological polar surface area (TPSA) is 42.2 Å². The molecule has 19 heavy (non-hydrogen) atoms. The molecule has 2 rings (SSSR count). The fourth-order valence-electron chi connectivity index (χ4n) is 1.80. The monoisotopic (exact) mass is 265 g/mol. The third-order valence-corrected chi connectivity index (χ3v) is 3.74. The molecule has 6 heteroatoms. The van der Waals surface area contributed by atoms with E-state index in [1.165, 1.54) is 12.1 Å². The first kappa shape index (κ1) is 14.0. The molecule has 0 radical (unpaired) electrons. The molecule has 0 spiro atoms. The fourth-order valence-corrected chi connectivity index (χ4v) is 1.80. The summed E-state index contributed by atoms with van der Waals surface area (Å²) >= 11 is 0. The summed E-state index contributed by atoms with van der Waals surface area (Å²) in [7, 11) is -0.979. The van der Waals surface area contributed by atoms with Crippen LogP contribution in [0.1, 0.15) is 33.3 Å². The highest BCUT2D eigenvalue weighted by atomic mass is 19.2. The minimum Gasteiger partial charge on any atom is -0.399 e. The van der Waals surface area contributed by atoms with E-state index in [0.29, 0.717) is 0 Å². The van der Waals surface area contributed by atoms with Gasteiger partial charge in [-0.25, -0.2) is 8.78 Å². The Labute approximate surface area is 111 Å². The Morgan fingerprint density at radius 3 is 2.05 bits per heavy atom. The van der Waals surface area contributed by atoms with Gasteiger partial charge in [0, 0.05) is 5.46 Å². The van der Waals surface area contributed by atoms with E-state index >= 15 is 0 Å². The van der Waals surface area contributed by atoms with Crippen molar-refractivity contribution in [3.63, 3.8) is 0 Å². The maximum Gasteiger partial charge on any atom is 0.497 e. The smallest absolute Gasteiger partial charge is 0.399 e. The van der Waals surface area contributed by atoms with Crippen molar-refractivity contribution in [2.45, 2.75) is 38.9 Å². The Kier molecular flexibility index (Phi) is 3.16.